The standard InChI is InChI=1S/C18H22N2/c1-11(2)13-6-7-17-15(8-13)16-9-14(12(3)4)10-19-18(16)20(17)5/h6-12H,1-5H3. The van der Waals surface area contributed by atoms with Crippen LogP contribution in [0, 0.1) is 0 Å². The lowest BCUT2D eigenvalue weighted by Crippen LogP contribution is -1.92. The Balaban J connectivity index is 2.38. The van der Waals surface area contributed by atoms with Crippen LogP contribution in [0.4, 0.5) is 0 Å². The third-order valence-electron chi connectivity index (χ3n) is 4.21. The van der Waals surface area contributed by atoms with Crippen molar-refractivity contribution in [2.45, 2.75) is 39.5 Å². The minimum atomic E-state index is 0.510. The summed E-state index contributed by atoms with van der Waals surface area (Å²) in [6.45, 7) is 8.91. The fraction of sp³-hybridized carbons (Fsp3) is 0.389. The van der Waals surface area contributed by atoms with Gasteiger partial charge in [0.25, 0.3) is 0 Å². The van der Waals surface area contributed by atoms with Crippen molar-refractivity contribution in [1.82, 2.24) is 9.55 Å². The zero-order chi connectivity index (χ0) is 14.4. The van der Waals surface area contributed by atoms with E-state index in [0.29, 0.717) is 11.8 Å². The van der Waals surface area contributed by atoms with E-state index >= 15 is 0 Å². The molecule has 20 heavy (non-hydrogen) atoms. The topological polar surface area (TPSA) is 17.8 Å². The average Bonchev–Trinajstić information content (AvgIpc) is 2.71. The van der Waals surface area contributed by atoms with E-state index in [1.165, 1.54) is 27.4 Å². The van der Waals surface area contributed by atoms with E-state index in [0.717, 1.165) is 5.65 Å². The Bertz CT molecular complexity index is 714. The summed E-state index contributed by atoms with van der Waals surface area (Å²) in [6.07, 6.45) is 2.01. The van der Waals surface area contributed by atoms with E-state index in [1.807, 2.05) is 6.20 Å². The Labute approximate surface area is 120 Å². The highest BCUT2D eigenvalue weighted by Gasteiger charge is 2.12. The van der Waals surface area contributed by atoms with E-state index in [4.69, 9.17) is 0 Å². The third kappa shape index (κ3) is 1.91. The van der Waals surface area contributed by atoms with Gasteiger partial charge in [0.2, 0.25) is 0 Å². The van der Waals surface area contributed by atoms with E-state index < -0.39 is 0 Å². The fourth-order valence-corrected chi connectivity index (χ4v) is 2.79. The molecule has 2 heterocycles. The summed E-state index contributed by atoms with van der Waals surface area (Å²) in [7, 11) is 2.10. The molecular weight excluding hydrogens is 244 g/mol. The number of aromatic nitrogens is 2. The molecule has 0 radical (unpaired) electrons. The summed E-state index contributed by atoms with van der Waals surface area (Å²) in [6, 6.07) is 9.09. The highest BCUT2D eigenvalue weighted by Crippen LogP contribution is 2.31. The highest BCUT2D eigenvalue weighted by molar-refractivity contribution is 6.07. The Morgan fingerprint density at radius 3 is 2.20 bits per heavy atom. The molecule has 0 aliphatic carbocycles. The predicted molar refractivity (Wildman–Crippen MR) is 86.4 cm³/mol. The summed E-state index contributed by atoms with van der Waals surface area (Å²) >= 11 is 0. The maximum atomic E-state index is 4.68. The Hall–Kier alpha value is -1.83. The summed E-state index contributed by atoms with van der Waals surface area (Å²) in [4.78, 5) is 4.68. The maximum Gasteiger partial charge on any atom is 0.140 e. The van der Waals surface area contributed by atoms with Crippen molar-refractivity contribution in [3.63, 3.8) is 0 Å². The minimum Gasteiger partial charge on any atom is -0.328 e. The van der Waals surface area contributed by atoms with Crippen molar-refractivity contribution < 1.29 is 0 Å². The number of pyridine rings is 1. The number of aryl methyl sites for hydroxylation is 1. The van der Waals surface area contributed by atoms with Crippen LogP contribution in [-0.4, -0.2) is 9.55 Å². The van der Waals surface area contributed by atoms with Gasteiger partial charge < -0.3 is 4.57 Å². The second kappa shape index (κ2) is 4.62. The number of nitrogens with zero attached hydrogens (tertiary/aromatic N) is 2. The van der Waals surface area contributed by atoms with Gasteiger partial charge >= 0.3 is 0 Å². The van der Waals surface area contributed by atoms with Crippen molar-refractivity contribution in [1.29, 1.82) is 0 Å². The van der Waals surface area contributed by atoms with Crippen LogP contribution in [0.5, 0.6) is 0 Å². The smallest absolute Gasteiger partial charge is 0.140 e. The van der Waals surface area contributed by atoms with Gasteiger partial charge in [0.1, 0.15) is 5.65 Å². The van der Waals surface area contributed by atoms with Gasteiger partial charge in [-0.3, -0.25) is 0 Å². The van der Waals surface area contributed by atoms with Crippen LogP contribution in [0.15, 0.2) is 30.5 Å². The molecule has 0 fully saturated rings. The van der Waals surface area contributed by atoms with Crippen LogP contribution < -0.4 is 0 Å². The lowest BCUT2D eigenvalue weighted by molar-refractivity contribution is 0.859. The second-order valence-electron chi connectivity index (χ2n) is 6.28. The van der Waals surface area contributed by atoms with Crippen molar-refractivity contribution in [2.75, 3.05) is 0 Å². The van der Waals surface area contributed by atoms with Crippen molar-refractivity contribution in [3.8, 4) is 0 Å². The summed E-state index contributed by atoms with van der Waals surface area (Å²) in [5.41, 5.74) is 5.03. The molecule has 0 aliphatic rings. The average molecular weight is 266 g/mol. The van der Waals surface area contributed by atoms with Crippen LogP contribution >= 0.6 is 0 Å². The molecule has 3 aromatic rings. The van der Waals surface area contributed by atoms with Crippen LogP contribution in [0.1, 0.15) is 50.7 Å². The SMILES string of the molecule is CC(C)c1ccc2c(c1)c1cc(C(C)C)cnc1n2C. The molecule has 1 aromatic carbocycles. The molecule has 104 valence electrons. The first kappa shape index (κ1) is 13.2. The zero-order valence-electron chi connectivity index (χ0n) is 12.9. The number of benzene rings is 1. The first-order valence-corrected chi connectivity index (χ1v) is 7.37. The van der Waals surface area contributed by atoms with Crippen molar-refractivity contribution >= 4 is 21.9 Å². The quantitative estimate of drug-likeness (QED) is 0.640. The molecule has 0 saturated heterocycles. The molecule has 2 aromatic heterocycles. The molecule has 0 atom stereocenters. The van der Waals surface area contributed by atoms with Gasteiger partial charge in [-0.2, -0.15) is 0 Å². The van der Waals surface area contributed by atoms with E-state index in [9.17, 15) is 0 Å². The van der Waals surface area contributed by atoms with Gasteiger partial charge in [-0.05, 0) is 41.2 Å². The second-order valence-corrected chi connectivity index (χ2v) is 6.28. The summed E-state index contributed by atoms with van der Waals surface area (Å²) in [5, 5.41) is 2.60. The molecule has 0 saturated carbocycles. The van der Waals surface area contributed by atoms with Crippen molar-refractivity contribution in [3.05, 3.63) is 41.6 Å². The molecule has 0 bridgehead atoms. The van der Waals surface area contributed by atoms with E-state index in [-0.39, 0.29) is 0 Å². The van der Waals surface area contributed by atoms with Crippen LogP contribution in [0.2, 0.25) is 0 Å². The maximum absolute atomic E-state index is 4.68. The van der Waals surface area contributed by atoms with Crippen LogP contribution in [-0.2, 0) is 7.05 Å². The molecule has 0 aliphatic heterocycles. The summed E-state index contributed by atoms with van der Waals surface area (Å²) < 4.78 is 2.19. The molecule has 2 nitrogen and oxygen atoms in total. The molecule has 2 heteroatoms. The first-order valence-electron chi connectivity index (χ1n) is 7.37. The number of hydrogen-bond acceptors (Lipinski definition) is 1. The van der Waals surface area contributed by atoms with Crippen LogP contribution in [0.3, 0.4) is 0 Å². The summed E-state index contributed by atoms with van der Waals surface area (Å²) in [5.74, 6) is 1.06. The van der Waals surface area contributed by atoms with Gasteiger partial charge in [0, 0.05) is 24.0 Å². The van der Waals surface area contributed by atoms with Crippen LogP contribution in [0.25, 0.3) is 21.9 Å². The normalized spacial score (nSPS) is 12.2. The third-order valence-corrected chi connectivity index (χ3v) is 4.21. The van der Waals surface area contributed by atoms with E-state index in [1.54, 1.807) is 0 Å². The molecule has 0 unspecified atom stereocenters. The lowest BCUT2D eigenvalue weighted by atomic mass is 9.99. The molecule has 0 spiro atoms. The number of rotatable bonds is 2. The first-order chi connectivity index (χ1) is 9.49. The Morgan fingerprint density at radius 2 is 1.55 bits per heavy atom. The van der Waals surface area contributed by atoms with Crippen molar-refractivity contribution in [2.24, 2.45) is 7.05 Å². The predicted octanol–water partition coefficient (Wildman–Crippen LogP) is 4.97. The largest absolute Gasteiger partial charge is 0.328 e. The van der Waals surface area contributed by atoms with Gasteiger partial charge in [-0.15, -0.1) is 0 Å². The van der Waals surface area contributed by atoms with Gasteiger partial charge in [0.05, 0.1) is 5.52 Å². The Kier molecular flexibility index (Phi) is 3.04. The molecule has 0 N–H and O–H groups in total. The fourth-order valence-electron chi connectivity index (χ4n) is 2.79. The molecule has 0 amide bonds. The van der Waals surface area contributed by atoms with E-state index in [2.05, 4.69) is 68.6 Å². The zero-order valence-corrected chi connectivity index (χ0v) is 12.9. The minimum absolute atomic E-state index is 0.510. The number of hydrogen-bond donors (Lipinski definition) is 0. The lowest BCUT2D eigenvalue weighted by Gasteiger charge is -2.06. The monoisotopic (exact) mass is 266 g/mol. The molecule has 3 rings (SSSR count). The molecular formula is C18H22N2. The van der Waals surface area contributed by atoms with Gasteiger partial charge in [-0.1, -0.05) is 33.8 Å². The van der Waals surface area contributed by atoms with Gasteiger partial charge in [0.15, 0.2) is 0 Å². The van der Waals surface area contributed by atoms with Gasteiger partial charge in [-0.25, -0.2) is 4.98 Å². The number of fused-ring (bicyclic) bond motifs is 3. The highest BCUT2D eigenvalue weighted by atomic mass is 15.0. The Morgan fingerprint density at radius 1 is 0.900 bits per heavy atom.